The Morgan fingerprint density at radius 3 is 1.36 bits per heavy atom. The molecule has 0 amide bonds. The van der Waals surface area contributed by atoms with E-state index >= 15 is 0 Å². The van der Waals surface area contributed by atoms with E-state index < -0.39 is 67.3 Å². The SMILES string of the molecule is CC/C=C\C/C=C\C/C=C\C/C=C\C/C=C\CCCC(=O)OC1C(OCC(COC(=O)CCCCCCC/C=C\C/C=C\CCCCC)OC(=O)CCCCCCC/C=C\CCCCCC)OC(C(=O)O)C(O)C1O. The van der Waals surface area contributed by atoms with Crippen LogP contribution in [-0.4, -0.2) is 89.2 Å². The predicted octanol–water partition coefficient (Wildman–Crippen LogP) is 14.9. The molecule has 3 N–H and O–H groups in total. The van der Waals surface area contributed by atoms with Crippen LogP contribution in [0, 0.1) is 0 Å². The predicted molar refractivity (Wildman–Crippen MR) is 303 cm³/mol. The first kappa shape index (κ1) is 68.7. The molecule has 0 aromatic carbocycles. The van der Waals surface area contributed by atoms with Gasteiger partial charge in [0.05, 0.1) is 6.61 Å². The third-order valence-corrected chi connectivity index (χ3v) is 12.6. The van der Waals surface area contributed by atoms with Crippen molar-refractivity contribution in [1.29, 1.82) is 0 Å². The Bertz CT molecular complexity index is 1670. The van der Waals surface area contributed by atoms with E-state index in [9.17, 15) is 34.5 Å². The third-order valence-electron chi connectivity index (χ3n) is 12.6. The van der Waals surface area contributed by atoms with Crippen LogP contribution in [-0.2, 0) is 42.9 Å². The van der Waals surface area contributed by atoms with Gasteiger partial charge in [0, 0.05) is 19.3 Å². The summed E-state index contributed by atoms with van der Waals surface area (Å²) >= 11 is 0. The van der Waals surface area contributed by atoms with E-state index in [1.54, 1.807) is 0 Å². The van der Waals surface area contributed by atoms with Gasteiger partial charge in [0.15, 0.2) is 24.6 Å². The van der Waals surface area contributed by atoms with Crippen molar-refractivity contribution in [1.82, 2.24) is 0 Å². The van der Waals surface area contributed by atoms with E-state index in [1.165, 1.54) is 44.9 Å². The highest BCUT2D eigenvalue weighted by Crippen LogP contribution is 2.26. The minimum Gasteiger partial charge on any atom is -0.479 e. The molecule has 0 spiro atoms. The molecule has 75 heavy (non-hydrogen) atoms. The summed E-state index contributed by atoms with van der Waals surface area (Å²) in [4.78, 5) is 51.1. The fraction of sp³-hybridized carbons (Fsp3) is 0.683. The highest BCUT2D eigenvalue weighted by Gasteiger charge is 2.50. The van der Waals surface area contributed by atoms with Crippen molar-refractivity contribution >= 4 is 23.9 Å². The maximum Gasteiger partial charge on any atom is 0.335 e. The Kier molecular flexibility index (Phi) is 46.2. The molecule has 0 aliphatic carbocycles. The van der Waals surface area contributed by atoms with Crippen molar-refractivity contribution in [3.05, 3.63) is 97.2 Å². The Balaban J connectivity index is 2.75. The quantitative estimate of drug-likeness (QED) is 0.0228. The van der Waals surface area contributed by atoms with Gasteiger partial charge in [-0.1, -0.05) is 189 Å². The van der Waals surface area contributed by atoms with E-state index in [-0.39, 0.29) is 25.9 Å². The Hall–Kier alpha value is -4.36. The summed E-state index contributed by atoms with van der Waals surface area (Å²) in [5, 5.41) is 31.4. The Morgan fingerprint density at radius 2 is 0.853 bits per heavy atom. The smallest absolute Gasteiger partial charge is 0.335 e. The molecule has 6 atom stereocenters. The number of carboxylic acids is 1. The van der Waals surface area contributed by atoms with Crippen molar-refractivity contribution in [3.63, 3.8) is 0 Å². The summed E-state index contributed by atoms with van der Waals surface area (Å²) in [6.07, 6.45) is 53.8. The van der Waals surface area contributed by atoms with Crippen LogP contribution in [0.1, 0.15) is 226 Å². The highest BCUT2D eigenvalue weighted by atomic mass is 16.7. The minimum atomic E-state index is -1.93. The number of esters is 3. The van der Waals surface area contributed by atoms with Gasteiger partial charge >= 0.3 is 23.9 Å². The number of ether oxygens (including phenoxy) is 5. The molecule has 1 fully saturated rings. The van der Waals surface area contributed by atoms with E-state index in [2.05, 4.69) is 106 Å². The van der Waals surface area contributed by atoms with Crippen molar-refractivity contribution in [2.45, 2.75) is 263 Å². The fourth-order valence-corrected chi connectivity index (χ4v) is 8.13. The van der Waals surface area contributed by atoms with E-state index in [0.717, 1.165) is 116 Å². The van der Waals surface area contributed by atoms with Gasteiger partial charge in [-0.25, -0.2) is 4.79 Å². The van der Waals surface area contributed by atoms with E-state index in [0.29, 0.717) is 25.7 Å². The Morgan fingerprint density at radius 1 is 0.453 bits per heavy atom. The number of carbonyl (C=O) groups is 4. The summed E-state index contributed by atoms with van der Waals surface area (Å²) in [5.74, 6) is -3.23. The second kappa shape index (κ2) is 50.5. The van der Waals surface area contributed by atoms with Crippen LogP contribution in [0.4, 0.5) is 0 Å². The number of rotatable bonds is 48. The van der Waals surface area contributed by atoms with Gasteiger partial charge in [0.25, 0.3) is 0 Å². The number of aliphatic hydroxyl groups is 2. The molecule has 12 heteroatoms. The van der Waals surface area contributed by atoms with Crippen molar-refractivity contribution in [2.75, 3.05) is 13.2 Å². The Labute approximate surface area is 453 Å². The molecule has 426 valence electrons. The van der Waals surface area contributed by atoms with Crippen LogP contribution in [0.25, 0.3) is 0 Å². The molecule has 0 saturated carbocycles. The van der Waals surface area contributed by atoms with E-state index in [4.69, 9.17) is 23.7 Å². The first-order valence-corrected chi connectivity index (χ1v) is 29.2. The lowest BCUT2D eigenvalue weighted by Gasteiger charge is -2.40. The van der Waals surface area contributed by atoms with Gasteiger partial charge in [-0.3, -0.25) is 14.4 Å². The van der Waals surface area contributed by atoms with Gasteiger partial charge in [0.1, 0.15) is 18.8 Å². The van der Waals surface area contributed by atoms with Gasteiger partial charge in [0.2, 0.25) is 0 Å². The number of unbranched alkanes of at least 4 members (excludes halogenated alkanes) is 18. The molecule has 1 rings (SSSR count). The average molecular weight is 1050 g/mol. The number of hydrogen-bond donors (Lipinski definition) is 3. The van der Waals surface area contributed by atoms with Gasteiger partial charge < -0.3 is 39.0 Å². The highest BCUT2D eigenvalue weighted by molar-refractivity contribution is 5.74. The second-order valence-corrected chi connectivity index (χ2v) is 19.5. The normalized spacial score (nSPS) is 18.9. The van der Waals surface area contributed by atoms with Gasteiger partial charge in [-0.2, -0.15) is 0 Å². The molecular formula is C63H102O12. The van der Waals surface area contributed by atoms with Gasteiger partial charge in [-0.05, 0) is 116 Å². The zero-order chi connectivity index (χ0) is 54.7. The number of carboxylic acid groups (broad SMARTS) is 1. The first-order chi connectivity index (χ1) is 36.6. The van der Waals surface area contributed by atoms with Crippen LogP contribution in [0.5, 0.6) is 0 Å². The number of carbonyl (C=O) groups excluding carboxylic acids is 3. The molecular weight excluding hydrogens is 949 g/mol. The number of hydrogen-bond acceptors (Lipinski definition) is 11. The lowest BCUT2D eigenvalue weighted by atomic mass is 9.98. The molecule has 0 radical (unpaired) electrons. The fourth-order valence-electron chi connectivity index (χ4n) is 8.13. The molecule has 0 aromatic rings. The summed E-state index contributed by atoms with van der Waals surface area (Å²) < 4.78 is 28.3. The van der Waals surface area contributed by atoms with Crippen molar-refractivity contribution < 1.29 is 58.2 Å². The zero-order valence-corrected chi connectivity index (χ0v) is 46.8. The summed E-state index contributed by atoms with van der Waals surface area (Å²) in [6, 6.07) is 0. The number of allylic oxidation sites excluding steroid dienone is 16. The molecule has 0 aromatic heterocycles. The summed E-state index contributed by atoms with van der Waals surface area (Å²) in [5.41, 5.74) is 0. The zero-order valence-electron chi connectivity index (χ0n) is 46.8. The van der Waals surface area contributed by atoms with Crippen LogP contribution >= 0.6 is 0 Å². The number of aliphatic carboxylic acids is 1. The number of aliphatic hydroxyl groups excluding tert-OH is 2. The monoisotopic (exact) mass is 1050 g/mol. The van der Waals surface area contributed by atoms with Crippen LogP contribution in [0.15, 0.2) is 97.2 Å². The lowest BCUT2D eigenvalue weighted by molar-refractivity contribution is -0.301. The molecule has 12 nitrogen and oxygen atoms in total. The lowest BCUT2D eigenvalue weighted by Crippen LogP contribution is -2.61. The van der Waals surface area contributed by atoms with Crippen LogP contribution < -0.4 is 0 Å². The average Bonchev–Trinajstić information content (AvgIpc) is 3.39. The largest absolute Gasteiger partial charge is 0.479 e. The first-order valence-electron chi connectivity index (χ1n) is 29.2. The molecule has 1 heterocycles. The maximum atomic E-state index is 13.1. The topological polar surface area (TPSA) is 175 Å². The minimum absolute atomic E-state index is 0.0240. The standard InChI is InChI=1S/C63H102O12/c1-4-7-10-13-16-19-22-25-27-28-30-33-36-39-42-45-48-51-57(66)74-61-59(68)58(67)60(62(69)70)75-63(61)72-53-54(73-56(65)50-47-44-41-38-35-31-24-21-18-15-12-9-6-3)52-71-55(64)49-46-43-40-37-34-32-29-26-23-20-17-14-11-8-5-2/h7,10,16-17,19-21,24-27,29-30,33,39,42,54,58-61,63,67-68H,4-6,8-9,11-15,18,22-23,28,31-32,34-38,40-41,43-53H2,1-3H3,(H,69,70)/b10-7-,19-16-,20-17-,24-21-,27-25-,29-26-,33-30-,42-39-. The molecule has 6 unspecified atom stereocenters. The van der Waals surface area contributed by atoms with Crippen molar-refractivity contribution in [2.24, 2.45) is 0 Å². The maximum absolute atomic E-state index is 13.1. The molecule has 0 bridgehead atoms. The van der Waals surface area contributed by atoms with Crippen molar-refractivity contribution in [3.8, 4) is 0 Å². The molecule has 1 aliphatic rings. The summed E-state index contributed by atoms with van der Waals surface area (Å²) in [7, 11) is 0. The molecule has 1 saturated heterocycles. The van der Waals surface area contributed by atoms with Gasteiger partial charge in [-0.15, -0.1) is 0 Å². The van der Waals surface area contributed by atoms with E-state index in [1.807, 2.05) is 12.2 Å². The third kappa shape index (κ3) is 40.6. The molecule has 1 aliphatic heterocycles. The van der Waals surface area contributed by atoms with Crippen LogP contribution in [0.2, 0.25) is 0 Å². The van der Waals surface area contributed by atoms with Crippen LogP contribution in [0.3, 0.4) is 0 Å². The second-order valence-electron chi connectivity index (χ2n) is 19.5. The summed E-state index contributed by atoms with van der Waals surface area (Å²) in [6.45, 7) is 5.78.